The molecule has 0 radical (unpaired) electrons. The summed E-state index contributed by atoms with van der Waals surface area (Å²) in [5.41, 5.74) is 0.757. The fraction of sp³-hybridized carbons (Fsp3) is 0.545. The highest BCUT2D eigenvalue weighted by Crippen LogP contribution is 2.05. The van der Waals surface area contributed by atoms with Gasteiger partial charge in [-0.15, -0.1) is 0 Å². The van der Waals surface area contributed by atoms with E-state index in [0.29, 0.717) is 19.5 Å². The van der Waals surface area contributed by atoms with Crippen LogP contribution in [-0.4, -0.2) is 44.1 Å². The van der Waals surface area contributed by atoms with Gasteiger partial charge in [0.25, 0.3) is 0 Å². The molecule has 96 valence electrons. The summed E-state index contributed by atoms with van der Waals surface area (Å²) in [5, 5.41) is 2.93. The van der Waals surface area contributed by atoms with Gasteiger partial charge in [-0.1, -0.05) is 6.07 Å². The molecule has 0 aliphatic rings. The van der Waals surface area contributed by atoms with Crippen LogP contribution in [0.4, 0.5) is 0 Å². The van der Waals surface area contributed by atoms with Gasteiger partial charge in [-0.3, -0.25) is 4.98 Å². The van der Waals surface area contributed by atoms with Gasteiger partial charge in [0.1, 0.15) is 0 Å². The second-order valence-corrected chi connectivity index (χ2v) is 6.05. The first-order valence-electron chi connectivity index (χ1n) is 5.55. The van der Waals surface area contributed by atoms with Crippen molar-refractivity contribution in [1.82, 2.24) is 14.6 Å². The summed E-state index contributed by atoms with van der Waals surface area (Å²) in [6.45, 7) is 1.03. The van der Waals surface area contributed by atoms with E-state index < -0.39 is 10.0 Å². The van der Waals surface area contributed by atoms with E-state index in [9.17, 15) is 8.42 Å². The lowest BCUT2D eigenvalue weighted by Gasteiger charge is -2.16. The van der Waals surface area contributed by atoms with Crippen LogP contribution < -0.4 is 5.32 Å². The Kier molecular flexibility index (Phi) is 5.54. The summed E-state index contributed by atoms with van der Waals surface area (Å²) in [6, 6.07) is 5.48. The Labute approximate surface area is 103 Å². The number of hydrogen-bond acceptors (Lipinski definition) is 4. The molecule has 0 amide bonds. The van der Waals surface area contributed by atoms with Gasteiger partial charge in [0, 0.05) is 13.2 Å². The van der Waals surface area contributed by atoms with Gasteiger partial charge in [0.05, 0.1) is 18.0 Å². The Bertz CT molecular complexity index is 420. The normalized spacial score (nSPS) is 11.9. The van der Waals surface area contributed by atoms with E-state index >= 15 is 0 Å². The predicted molar refractivity (Wildman–Crippen MR) is 68.0 cm³/mol. The van der Waals surface area contributed by atoms with Crippen molar-refractivity contribution >= 4 is 10.0 Å². The minimum Gasteiger partial charge on any atom is -0.320 e. The second kappa shape index (κ2) is 6.68. The Balaban J connectivity index is 2.54. The molecule has 17 heavy (non-hydrogen) atoms. The molecule has 1 aromatic rings. The molecule has 5 nitrogen and oxygen atoms in total. The molecule has 0 aromatic carbocycles. The average molecular weight is 257 g/mol. The molecule has 0 unspecified atom stereocenters. The lowest BCUT2D eigenvalue weighted by molar-refractivity contribution is 0.460. The molecule has 0 fully saturated rings. The molecular formula is C11H19N3O2S. The van der Waals surface area contributed by atoms with Gasteiger partial charge in [-0.2, -0.15) is 4.31 Å². The summed E-state index contributed by atoms with van der Waals surface area (Å²) in [4.78, 5) is 4.11. The third-order valence-electron chi connectivity index (χ3n) is 2.41. The zero-order chi connectivity index (χ0) is 12.7. The molecule has 0 bridgehead atoms. The summed E-state index contributed by atoms with van der Waals surface area (Å²) in [5.74, 6) is 0.164. The summed E-state index contributed by atoms with van der Waals surface area (Å²) >= 11 is 0. The number of nitrogens with zero attached hydrogens (tertiary/aromatic N) is 2. The van der Waals surface area contributed by atoms with Crippen LogP contribution in [0.3, 0.4) is 0 Å². The van der Waals surface area contributed by atoms with E-state index in [0.717, 1.165) is 5.69 Å². The number of pyridine rings is 1. The van der Waals surface area contributed by atoms with Crippen LogP contribution in [0, 0.1) is 0 Å². The molecular weight excluding hydrogens is 238 g/mol. The predicted octanol–water partition coefficient (Wildman–Crippen LogP) is 0.453. The molecule has 0 saturated carbocycles. The zero-order valence-electron chi connectivity index (χ0n) is 10.3. The molecule has 0 aliphatic carbocycles. The minimum atomic E-state index is -3.18. The van der Waals surface area contributed by atoms with Crippen molar-refractivity contribution in [3.8, 4) is 0 Å². The summed E-state index contributed by atoms with van der Waals surface area (Å²) in [7, 11) is 0.219. The first kappa shape index (κ1) is 14.1. The van der Waals surface area contributed by atoms with E-state index in [2.05, 4.69) is 10.3 Å². The maximum Gasteiger partial charge on any atom is 0.214 e. The fourth-order valence-electron chi connectivity index (χ4n) is 1.41. The molecule has 6 heteroatoms. The van der Waals surface area contributed by atoms with Crippen molar-refractivity contribution in [1.29, 1.82) is 0 Å². The summed E-state index contributed by atoms with van der Waals surface area (Å²) in [6.07, 6.45) is 2.28. The first-order chi connectivity index (χ1) is 8.06. The Morgan fingerprint density at radius 2 is 2.18 bits per heavy atom. The second-order valence-electron chi connectivity index (χ2n) is 3.85. The van der Waals surface area contributed by atoms with E-state index in [4.69, 9.17) is 0 Å². The topological polar surface area (TPSA) is 62.3 Å². The SMILES string of the molecule is CNCCCS(=O)(=O)N(C)Cc1ccccn1. The molecule has 0 spiro atoms. The zero-order valence-corrected chi connectivity index (χ0v) is 11.1. The Morgan fingerprint density at radius 1 is 1.41 bits per heavy atom. The van der Waals surface area contributed by atoms with E-state index in [1.54, 1.807) is 13.2 Å². The monoisotopic (exact) mass is 257 g/mol. The molecule has 1 N–H and O–H groups in total. The maximum absolute atomic E-state index is 11.9. The van der Waals surface area contributed by atoms with Crippen LogP contribution >= 0.6 is 0 Å². The standard InChI is InChI=1S/C11H19N3O2S/c1-12-7-5-9-17(15,16)14(2)10-11-6-3-4-8-13-11/h3-4,6,8,12H,5,7,9-10H2,1-2H3. The Morgan fingerprint density at radius 3 is 2.76 bits per heavy atom. The van der Waals surface area contributed by atoms with Gasteiger partial charge in [0.15, 0.2) is 0 Å². The summed E-state index contributed by atoms with van der Waals surface area (Å²) < 4.78 is 25.1. The smallest absolute Gasteiger partial charge is 0.214 e. The molecule has 0 saturated heterocycles. The lowest BCUT2D eigenvalue weighted by Crippen LogP contribution is -2.30. The highest BCUT2D eigenvalue weighted by molar-refractivity contribution is 7.89. The molecule has 0 atom stereocenters. The van der Waals surface area contributed by atoms with E-state index in [1.165, 1.54) is 4.31 Å². The van der Waals surface area contributed by atoms with Crippen molar-refractivity contribution in [3.05, 3.63) is 30.1 Å². The van der Waals surface area contributed by atoms with E-state index in [1.807, 2.05) is 25.2 Å². The Hall–Kier alpha value is -0.980. The van der Waals surface area contributed by atoms with Crippen LogP contribution in [0.25, 0.3) is 0 Å². The highest BCUT2D eigenvalue weighted by atomic mass is 32.2. The third kappa shape index (κ3) is 4.80. The largest absolute Gasteiger partial charge is 0.320 e. The number of rotatable bonds is 7. The van der Waals surface area contributed by atoms with Gasteiger partial charge in [-0.25, -0.2) is 8.42 Å². The van der Waals surface area contributed by atoms with Crippen molar-refractivity contribution < 1.29 is 8.42 Å². The van der Waals surface area contributed by atoms with Crippen molar-refractivity contribution in [3.63, 3.8) is 0 Å². The number of sulfonamides is 1. The maximum atomic E-state index is 11.9. The van der Waals surface area contributed by atoms with Crippen LogP contribution in [0.15, 0.2) is 24.4 Å². The highest BCUT2D eigenvalue weighted by Gasteiger charge is 2.17. The van der Waals surface area contributed by atoms with Gasteiger partial charge < -0.3 is 5.32 Å². The first-order valence-corrected chi connectivity index (χ1v) is 7.15. The van der Waals surface area contributed by atoms with Crippen LogP contribution in [0.1, 0.15) is 12.1 Å². The van der Waals surface area contributed by atoms with E-state index in [-0.39, 0.29) is 5.75 Å². The fourth-order valence-corrected chi connectivity index (χ4v) is 2.56. The van der Waals surface area contributed by atoms with Gasteiger partial charge in [0.2, 0.25) is 10.0 Å². The number of hydrogen-bond donors (Lipinski definition) is 1. The van der Waals surface area contributed by atoms with Crippen LogP contribution in [0.5, 0.6) is 0 Å². The minimum absolute atomic E-state index is 0.164. The van der Waals surface area contributed by atoms with Gasteiger partial charge in [-0.05, 0) is 32.1 Å². The number of aromatic nitrogens is 1. The quantitative estimate of drug-likeness (QED) is 0.721. The molecule has 1 rings (SSSR count). The van der Waals surface area contributed by atoms with Crippen molar-refractivity contribution in [2.24, 2.45) is 0 Å². The van der Waals surface area contributed by atoms with Crippen molar-refractivity contribution in [2.75, 3.05) is 26.4 Å². The third-order valence-corrected chi connectivity index (χ3v) is 4.30. The molecule has 1 aromatic heterocycles. The number of nitrogens with one attached hydrogen (secondary N) is 1. The average Bonchev–Trinajstić information content (AvgIpc) is 2.30. The van der Waals surface area contributed by atoms with Crippen molar-refractivity contribution in [2.45, 2.75) is 13.0 Å². The lowest BCUT2D eigenvalue weighted by atomic mass is 10.3. The molecule has 1 heterocycles. The van der Waals surface area contributed by atoms with Crippen LogP contribution in [-0.2, 0) is 16.6 Å². The van der Waals surface area contributed by atoms with Gasteiger partial charge >= 0.3 is 0 Å². The van der Waals surface area contributed by atoms with Crippen LogP contribution in [0.2, 0.25) is 0 Å². The molecule has 0 aliphatic heterocycles.